The van der Waals surface area contributed by atoms with Gasteiger partial charge in [0, 0.05) is 26.3 Å². The van der Waals surface area contributed by atoms with Crippen molar-refractivity contribution >= 4 is 5.96 Å². The van der Waals surface area contributed by atoms with Gasteiger partial charge in [0.15, 0.2) is 0 Å². The highest BCUT2D eigenvalue weighted by atomic mass is 16.5. The average molecular weight is 257 g/mol. The number of nitrogens with two attached hydrogens (primary N) is 1. The van der Waals surface area contributed by atoms with Crippen LogP contribution in [0.2, 0.25) is 0 Å². The Balaban J connectivity index is 2.27. The fourth-order valence-electron chi connectivity index (χ4n) is 2.15. The molecule has 1 aliphatic heterocycles. The van der Waals surface area contributed by atoms with E-state index in [2.05, 4.69) is 27.7 Å². The normalized spacial score (nSPS) is 21.9. The summed E-state index contributed by atoms with van der Waals surface area (Å²) in [6.07, 6.45) is 4.77. The molecule has 0 amide bonds. The number of hydrogen-bond donors (Lipinski definition) is 3. The summed E-state index contributed by atoms with van der Waals surface area (Å²) in [6.45, 7) is 3.54. The lowest BCUT2D eigenvalue weighted by Crippen LogP contribution is -2.44. The molecular formula is C12H27N5O. The first-order valence-electron chi connectivity index (χ1n) is 6.72. The van der Waals surface area contributed by atoms with Crippen molar-refractivity contribution in [2.75, 3.05) is 40.4 Å². The van der Waals surface area contributed by atoms with Crippen LogP contribution in [-0.4, -0.2) is 57.3 Å². The molecule has 1 heterocycles. The van der Waals surface area contributed by atoms with E-state index in [0.29, 0.717) is 12.0 Å². The van der Waals surface area contributed by atoms with Gasteiger partial charge in [-0.1, -0.05) is 6.42 Å². The Labute approximate surface area is 110 Å². The second-order valence-electron chi connectivity index (χ2n) is 4.74. The zero-order valence-corrected chi connectivity index (χ0v) is 11.6. The molecule has 1 atom stereocenters. The van der Waals surface area contributed by atoms with E-state index in [0.717, 1.165) is 26.1 Å². The molecule has 0 aromatic carbocycles. The van der Waals surface area contributed by atoms with Crippen LogP contribution in [0.1, 0.15) is 25.7 Å². The number of nitrogens with one attached hydrogen (secondary N) is 2. The van der Waals surface area contributed by atoms with Crippen LogP contribution in [-0.2, 0) is 4.74 Å². The number of hydrazine groups is 1. The minimum absolute atomic E-state index is 0.544. The Morgan fingerprint density at radius 3 is 3.00 bits per heavy atom. The van der Waals surface area contributed by atoms with Crippen LogP contribution in [0.4, 0.5) is 0 Å². The summed E-state index contributed by atoms with van der Waals surface area (Å²) < 4.78 is 4.99. The molecule has 1 aliphatic rings. The van der Waals surface area contributed by atoms with Crippen LogP contribution in [0.5, 0.6) is 0 Å². The number of ether oxygens (including phenoxy) is 1. The molecule has 4 N–H and O–H groups in total. The first kappa shape index (κ1) is 15.2. The summed E-state index contributed by atoms with van der Waals surface area (Å²) in [5.74, 6) is 6.12. The van der Waals surface area contributed by atoms with Gasteiger partial charge in [-0.25, -0.2) is 5.84 Å². The van der Waals surface area contributed by atoms with Crippen molar-refractivity contribution in [2.24, 2.45) is 10.8 Å². The SMILES string of the molecule is COCCCNC(=NCC1CCCCN1C)NN. The summed E-state index contributed by atoms with van der Waals surface area (Å²) >= 11 is 0. The Morgan fingerprint density at radius 1 is 1.50 bits per heavy atom. The lowest BCUT2D eigenvalue weighted by Gasteiger charge is -2.31. The highest BCUT2D eigenvalue weighted by Crippen LogP contribution is 2.14. The van der Waals surface area contributed by atoms with Crippen molar-refractivity contribution in [3.05, 3.63) is 0 Å². The predicted molar refractivity (Wildman–Crippen MR) is 74.4 cm³/mol. The number of rotatable bonds is 6. The fraction of sp³-hybridized carbons (Fsp3) is 0.917. The molecule has 0 radical (unpaired) electrons. The van der Waals surface area contributed by atoms with E-state index in [1.54, 1.807) is 7.11 Å². The molecule has 0 bridgehead atoms. The maximum Gasteiger partial charge on any atom is 0.205 e. The molecule has 1 fully saturated rings. The Morgan fingerprint density at radius 2 is 2.33 bits per heavy atom. The quantitative estimate of drug-likeness (QED) is 0.204. The van der Waals surface area contributed by atoms with E-state index in [1.807, 2.05) is 0 Å². The molecule has 0 spiro atoms. The number of likely N-dealkylation sites (tertiary alicyclic amines) is 1. The van der Waals surface area contributed by atoms with Crippen molar-refractivity contribution in [1.82, 2.24) is 15.6 Å². The number of likely N-dealkylation sites (N-methyl/N-ethyl adjacent to an activating group) is 1. The molecule has 0 aliphatic carbocycles. The van der Waals surface area contributed by atoms with Gasteiger partial charge in [0.1, 0.15) is 0 Å². The van der Waals surface area contributed by atoms with Crippen molar-refractivity contribution < 1.29 is 4.74 Å². The van der Waals surface area contributed by atoms with Crippen molar-refractivity contribution in [3.8, 4) is 0 Å². The number of guanidine groups is 1. The minimum atomic E-state index is 0.544. The number of nitrogens with zero attached hydrogens (tertiary/aromatic N) is 2. The predicted octanol–water partition coefficient (Wildman–Crippen LogP) is -0.0839. The van der Waals surface area contributed by atoms with Gasteiger partial charge in [-0.3, -0.25) is 10.4 Å². The molecule has 0 saturated carbocycles. The van der Waals surface area contributed by atoms with E-state index in [9.17, 15) is 0 Å². The van der Waals surface area contributed by atoms with Crippen LogP contribution in [0.15, 0.2) is 4.99 Å². The monoisotopic (exact) mass is 257 g/mol. The number of methoxy groups -OCH3 is 1. The first-order chi connectivity index (χ1) is 8.77. The van der Waals surface area contributed by atoms with Gasteiger partial charge in [-0.05, 0) is 32.9 Å². The van der Waals surface area contributed by atoms with E-state index < -0.39 is 0 Å². The molecule has 106 valence electrons. The topological polar surface area (TPSA) is 74.9 Å². The van der Waals surface area contributed by atoms with E-state index in [1.165, 1.54) is 25.8 Å². The van der Waals surface area contributed by atoms with Gasteiger partial charge in [0.05, 0.1) is 6.54 Å². The minimum Gasteiger partial charge on any atom is -0.385 e. The molecular weight excluding hydrogens is 230 g/mol. The van der Waals surface area contributed by atoms with Crippen molar-refractivity contribution in [3.63, 3.8) is 0 Å². The first-order valence-corrected chi connectivity index (χ1v) is 6.72. The molecule has 0 aromatic heterocycles. The summed E-state index contributed by atoms with van der Waals surface area (Å²) in [5.41, 5.74) is 2.61. The second kappa shape index (κ2) is 9.13. The molecule has 18 heavy (non-hydrogen) atoms. The van der Waals surface area contributed by atoms with Crippen LogP contribution in [0.25, 0.3) is 0 Å². The van der Waals surface area contributed by atoms with Gasteiger partial charge in [0.2, 0.25) is 5.96 Å². The second-order valence-corrected chi connectivity index (χ2v) is 4.74. The van der Waals surface area contributed by atoms with Crippen LogP contribution in [0, 0.1) is 0 Å². The van der Waals surface area contributed by atoms with Gasteiger partial charge in [-0.15, -0.1) is 0 Å². The van der Waals surface area contributed by atoms with Crippen LogP contribution < -0.4 is 16.6 Å². The van der Waals surface area contributed by atoms with Crippen LogP contribution in [0.3, 0.4) is 0 Å². The fourth-order valence-corrected chi connectivity index (χ4v) is 2.15. The Bertz CT molecular complexity index is 247. The molecule has 1 rings (SSSR count). The molecule has 1 unspecified atom stereocenters. The molecule has 6 nitrogen and oxygen atoms in total. The average Bonchev–Trinajstić information content (AvgIpc) is 2.40. The summed E-state index contributed by atoms with van der Waals surface area (Å²) in [4.78, 5) is 6.88. The van der Waals surface area contributed by atoms with E-state index >= 15 is 0 Å². The number of hydrogen-bond acceptors (Lipinski definition) is 4. The van der Waals surface area contributed by atoms with Crippen molar-refractivity contribution in [1.29, 1.82) is 0 Å². The smallest absolute Gasteiger partial charge is 0.205 e. The highest BCUT2D eigenvalue weighted by molar-refractivity contribution is 5.79. The van der Waals surface area contributed by atoms with Gasteiger partial charge in [0.25, 0.3) is 0 Å². The van der Waals surface area contributed by atoms with E-state index in [-0.39, 0.29) is 0 Å². The number of piperidine rings is 1. The lowest BCUT2D eigenvalue weighted by molar-refractivity contribution is 0.191. The number of aliphatic imine (C=N–C) groups is 1. The maximum absolute atomic E-state index is 5.45. The summed E-state index contributed by atoms with van der Waals surface area (Å²) in [7, 11) is 3.87. The Hall–Kier alpha value is -0.850. The van der Waals surface area contributed by atoms with Gasteiger partial charge in [-0.2, -0.15) is 0 Å². The third kappa shape index (κ3) is 5.66. The largest absolute Gasteiger partial charge is 0.385 e. The standard InChI is InChI=1S/C12H27N5O/c1-17-8-4-3-6-11(17)10-15-12(16-13)14-7-5-9-18-2/h11H,3-10,13H2,1-2H3,(H2,14,15,16). The molecule has 1 saturated heterocycles. The third-order valence-corrected chi connectivity index (χ3v) is 3.34. The van der Waals surface area contributed by atoms with Crippen molar-refractivity contribution in [2.45, 2.75) is 31.7 Å². The molecule has 6 heteroatoms. The summed E-state index contributed by atoms with van der Waals surface area (Å²) in [5, 5.41) is 3.17. The highest BCUT2D eigenvalue weighted by Gasteiger charge is 2.18. The zero-order chi connectivity index (χ0) is 13.2. The summed E-state index contributed by atoms with van der Waals surface area (Å²) in [6, 6.07) is 0.544. The van der Waals surface area contributed by atoms with Gasteiger partial charge >= 0.3 is 0 Å². The molecule has 0 aromatic rings. The Kier molecular flexibility index (Phi) is 7.71. The lowest BCUT2D eigenvalue weighted by atomic mass is 10.0. The van der Waals surface area contributed by atoms with Crippen LogP contribution >= 0.6 is 0 Å². The maximum atomic E-state index is 5.45. The van der Waals surface area contributed by atoms with Gasteiger partial charge < -0.3 is 15.0 Å². The third-order valence-electron chi connectivity index (χ3n) is 3.34. The van der Waals surface area contributed by atoms with E-state index in [4.69, 9.17) is 10.6 Å². The zero-order valence-electron chi connectivity index (χ0n) is 11.6.